The molecule has 0 bridgehead atoms. The fourth-order valence-electron chi connectivity index (χ4n) is 7.75. The number of benzene rings is 2. The highest BCUT2D eigenvalue weighted by molar-refractivity contribution is 5.89. The molecule has 2 aromatic rings. The van der Waals surface area contributed by atoms with Crippen molar-refractivity contribution in [3.63, 3.8) is 0 Å². The topological polar surface area (TPSA) is 345 Å². The first kappa shape index (κ1) is 83.9. The number of carboxylic acid groups (broad SMARTS) is 1. The molecule has 2 rings (SSSR count). The minimum Gasteiger partial charge on any atom is -0.482 e. The molecule has 0 saturated carbocycles. The zero-order chi connectivity index (χ0) is 68.8. The number of carbonyl (C=O) groups is 7. The number of carboxylic acids is 1. The zero-order valence-electron chi connectivity index (χ0n) is 56.3. The largest absolute Gasteiger partial charge is 0.482 e. The molecule has 0 radical (unpaired) electrons. The Bertz CT molecular complexity index is 2320. The zero-order valence-corrected chi connectivity index (χ0v) is 56.3. The molecule has 0 aliphatic heterocycles. The van der Waals surface area contributed by atoms with Crippen LogP contribution in [0.2, 0.25) is 0 Å². The van der Waals surface area contributed by atoms with E-state index in [1.807, 2.05) is 0 Å². The van der Waals surface area contributed by atoms with E-state index in [0.717, 1.165) is 11.1 Å². The highest BCUT2D eigenvalue weighted by Gasteiger charge is 2.24. The summed E-state index contributed by atoms with van der Waals surface area (Å²) in [5.41, 5.74) is 0.239. The van der Waals surface area contributed by atoms with Crippen LogP contribution in [0.1, 0.15) is 78.4 Å². The highest BCUT2D eigenvalue weighted by Crippen LogP contribution is 2.17. The Kier molecular flexibility index (Phi) is 48.2. The van der Waals surface area contributed by atoms with E-state index in [2.05, 4.69) is 21.3 Å². The molecule has 0 heterocycles. The molecule has 0 aliphatic carbocycles. The van der Waals surface area contributed by atoms with Gasteiger partial charge < -0.3 is 107 Å². The van der Waals surface area contributed by atoms with Crippen LogP contribution in [-0.2, 0) is 113 Å². The molecule has 2 atom stereocenters. The van der Waals surface area contributed by atoms with E-state index in [4.69, 9.17) is 85.6 Å². The summed E-state index contributed by atoms with van der Waals surface area (Å²) in [6.45, 7) is 18.3. The molecular formula is C65H106N4O25. The Balaban J connectivity index is 1.67. The van der Waals surface area contributed by atoms with Crippen molar-refractivity contribution in [1.82, 2.24) is 21.3 Å². The maximum Gasteiger partial charge on any atom is 0.407 e. The molecule has 2 aromatic carbocycles. The van der Waals surface area contributed by atoms with Crippen molar-refractivity contribution < 1.29 is 119 Å². The molecular weight excluding hydrogens is 1240 g/mol. The van der Waals surface area contributed by atoms with Gasteiger partial charge in [-0.3, -0.25) is 19.2 Å². The van der Waals surface area contributed by atoms with E-state index < -0.39 is 59.7 Å². The van der Waals surface area contributed by atoms with Crippen molar-refractivity contribution in [1.29, 1.82) is 0 Å². The third-order valence-corrected chi connectivity index (χ3v) is 12.1. The second-order valence-corrected chi connectivity index (χ2v) is 22.6. The summed E-state index contributed by atoms with van der Waals surface area (Å²) < 4.78 is 92.6. The number of rotatable bonds is 60. The minimum absolute atomic E-state index is 0.00572. The van der Waals surface area contributed by atoms with Gasteiger partial charge >= 0.3 is 18.0 Å². The van der Waals surface area contributed by atoms with Crippen molar-refractivity contribution in [2.75, 3.05) is 199 Å². The monoisotopic (exact) mass is 1340 g/mol. The molecule has 29 heteroatoms. The summed E-state index contributed by atoms with van der Waals surface area (Å²) in [4.78, 5) is 87.7. The average Bonchev–Trinajstić information content (AvgIpc) is 1.11. The lowest BCUT2D eigenvalue weighted by molar-refractivity contribution is -0.157. The molecule has 536 valence electrons. The fraction of sp³-hybridized carbons (Fsp3) is 0.708. The lowest BCUT2D eigenvalue weighted by Crippen LogP contribution is -2.48. The first-order valence-electron chi connectivity index (χ1n) is 31.9. The molecule has 0 spiro atoms. The second kappa shape index (κ2) is 54.0. The molecule has 29 nitrogen and oxygen atoms in total. The number of ether oxygens (including phenoxy) is 17. The van der Waals surface area contributed by atoms with Gasteiger partial charge in [0, 0.05) is 52.5 Å². The van der Waals surface area contributed by atoms with Gasteiger partial charge in [-0.25, -0.2) is 14.4 Å². The maximum atomic E-state index is 13.5. The number of amides is 4. The summed E-state index contributed by atoms with van der Waals surface area (Å²) in [7, 11) is 1.61. The first-order valence-corrected chi connectivity index (χ1v) is 31.9. The van der Waals surface area contributed by atoms with Crippen LogP contribution in [0.4, 0.5) is 4.79 Å². The van der Waals surface area contributed by atoms with Gasteiger partial charge in [-0.1, -0.05) is 24.3 Å². The molecule has 94 heavy (non-hydrogen) atoms. The predicted octanol–water partition coefficient (Wildman–Crippen LogP) is 3.24. The number of alkyl carbamates (subject to hydrolysis) is 1. The Morgan fingerprint density at radius 2 is 0.755 bits per heavy atom. The van der Waals surface area contributed by atoms with Gasteiger partial charge in [0.15, 0.2) is 19.0 Å². The molecule has 0 fully saturated rings. The third kappa shape index (κ3) is 50.3. The van der Waals surface area contributed by atoms with Gasteiger partial charge in [-0.15, -0.1) is 0 Å². The summed E-state index contributed by atoms with van der Waals surface area (Å²) >= 11 is 0. The number of nitrogens with one attached hydrogen (secondary N) is 4. The summed E-state index contributed by atoms with van der Waals surface area (Å²) in [6, 6.07) is 11.7. The molecule has 5 N–H and O–H groups in total. The predicted molar refractivity (Wildman–Crippen MR) is 341 cm³/mol. The summed E-state index contributed by atoms with van der Waals surface area (Å²) in [5, 5.41) is 20.0. The van der Waals surface area contributed by atoms with Gasteiger partial charge in [0.25, 0.3) is 0 Å². The van der Waals surface area contributed by atoms with Crippen molar-refractivity contribution in [2.45, 2.75) is 103 Å². The van der Waals surface area contributed by atoms with Crippen LogP contribution in [0.3, 0.4) is 0 Å². The quantitative estimate of drug-likeness (QED) is 0.0469. The Labute approximate surface area is 553 Å². The standard InChI is InChI=1S/C65H106N4O25/c1-64(2,3)93-61(75)50-92-54-16-12-52(13-17-54)48-56(69-59(72)19-24-81-31-36-87-43-45-89-38-33-83-26-21-67-63(77)94-65(4,5)6)62(76)66-20-25-82-32-37-88-44-42-86-35-30-80-23-18-58(71)68-55(47-51-10-14-53(15-11-51)91-49-60(73)74)57(70)9-8-22-79-29-34-85-41-46-90-40-39-84-28-27-78-7/h10-17,55-56H,8-9,18-50H2,1-7H3,(H,66,76)(H,67,77)(H,68,71)(H,69,72)(H,73,74). The number of esters is 1. The van der Waals surface area contributed by atoms with E-state index in [0.29, 0.717) is 117 Å². The summed E-state index contributed by atoms with van der Waals surface area (Å²) in [5.74, 6) is -2.19. The Morgan fingerprint density at radius 3 is 1.16 bits per heavy atom. The van der Waals surface area contributed by atoms with Crippen LogP contribution in [0.15, 0.2) is 48.5 Å². The van der Waals surface area contributed by atoms with Crippen LogP contribution in [0.5, 0.6) is 11.5 Å². The molecule has 0 aromatic heterocycles. The van der Waals surface area contributed by atoms with Crippen molar-refractivity contribution >= 4 is 41.5 Å². The molecule has 0 saturated heterocycles. The second-order valence-electron chi connectivity index (χ2n) is 22.6. The highest BCUT2D eigenvalue weighted by atomic mass is 16.6. The number of hydrogen-bond acceptors (Lipinski definition) is 24. The number of Topliss-reactive ketones (excluding diaryl/α,β-unsaturated/α-hetero) is 1. The number of carbonyl (C=O) groups excluding carboxylic acids is 6. The van der Waals surface area contributed by atoms with Crippen LogP contribution < -0.4 is 30.7 Å². The lowest BCUT2D eigenvalue weighted by atomic mass is 9.99. The minimum atomic E-state index is -1.11. The van der Waals surface area contributed by atoms with E-state index >= 15 is 0 Å². The lowest BCUT2D eigenvalue weighted by Gasteiger charge is -2.20. The summed E-state index contributed by atoms with van der Waals surface area (Å²) in [6.07, 6.45) is 0.460. The fourth-order valence-corrected chi connectivity index (χ4v) is 7.75. The normalized spacial score (nSPS) is 12.2. The van der Waals surface area contributed by atoms with Crippen molar-refractivity contribution in [3.8, 4) is 11.5 Å². The third-order valence-electron chi connectivity index (χ3n) is 12.1. The van der Waals surface area contributed by atoms with E-state index in [1.165, 1.54) is 0 Å². The number of hydrogen-bond donors (Lipinski definition) is 5. The number of methoxy groups -OCH3 is 1. The van der Waals surface area contributed by atoms with Gasteiger partial charge in [0.05, 0.1) is 165 Å². The smallest absolute Gasteiger partial charge is 0.407 e. The van der Waals surface area contributed by atoms with Crippen LogP contribution in [0.25, 0.3) is 0 Å². The Morgan fingerprint density at radius 1 is 0.404 bits per heavy atom. The van der Waals surface area contributed by atoms with E-state index in [9.17, 15) is 33.6 Å². The van der Waals surface area contributed by atoms with Gasteiger partial charge in [-0.2, -0.15) is 0 Å². The first-order chi connectivity index (χ1) is 45.2. The van der Waals surface area contributed by atoms with Gasteiger partial charge in [-0.05, 0) is 89.8 Å². The van der Waals surface area contributed by atoms with E-state index in [-0.39, 0.29) is 130 Å². The maximum absolute atomic E-state index is 13.5. The molecule has 0 aliphatic rings. The van der Waals surface area contributed by atoms with Crippen molar-refractivity contribution in [2.24, 2.45) is 0 Å². The Hall–Kier alpha value is -6.19. The average molecular weight is 1340 g/mol. The SMILES string of the molecule is COCCOCCOCCOCCOCCCC(=O)C(Cc1ccc(OCC(=O)O)cc1)NC(=O)CCOCCOCCOCCOCCNC(=O)C(Cc1ccc(OCC(=O)OC(C)(C)C)cc1)NC(=O)CCOCCOCCOCCOCCNC(=O)OC(C)(C)C. The van der Waals surface area contributed by atoms with Gasteiger partial charge in [0.1, 0.15) is 28.7 Å². The number of aliphatic carboxylic acids is 1. The van der Waals surface area contributed by atoms with Gasteiger partial charge in [0.2, 0.25) is 17.7 Å². The van der Waals surface area contributed by atoms with Crippen LogP contribution in [-0.4, -0.2) is 269 Å². The molecule has 2 unspecified atom stereocenters. The van der Waals surface area contributed by atoms with Crippen molar-refractivity contribution in [3.05, 3.63) is 59.7 Å². The van der Waals surface area contributed by atoms with E-state index in [1.54, 1.807) is 97.2 Å². The van der Waals surface area contributed by atoms with Crippen LogP contribution in [0, 0.1) is 0 Å². The molecule has 4 amide bonds. The number of ketones is 1. The van der Waals surface area contributed by atoms with Crippen LogP contribution >= 0.6 is 0 Å².